The molecule has 2 N–H and O–H groups in total. The van der Waals surface area contributed by atoms with Crippen LogP contribution in [-0.4, -0.2) is 23.0 Å². The fourth-order valence-electron chi connectivity index (χ4n) is 1.65. The first kappa shape index (κ1) is 15.1. The number of halogens is 2. The lowest BCUT2D eigenvalue weighted by Gasteiger charge is -2.13. The summed E-state index contributed by atoms with van der Waals surface area (Å²) in [6.07, 6.45) is 0.482. The molecule has 1 aromatic rings. The quantitative estimate of drug-likeness (QED) is 0.830. The molecule has 1 aromatic carbocycles. The summed E-state index contributed by atoms with van der Waals surface area (Å²) in [7, 11) is 0. The van der Waals surface area contributed by atoms with Gasteiger partial charge in [-0.3, -0.25) is 4.79 Å². The predicted molar refractivity (Wildman–Crippen MR) is 64.5 cm³/mol. The lowest BCUT2D eigenvalue weighted by molar-refractivity contribution is -0.141. The molecule has 1 amide bonds. The van der Waals surface area contributed by atoms with Gasteiger partial charge in [-0.15, -0.1) is 0 Å². The molecule has 0 unspecified atom stereocenters. The Balaban J connectivity index is 2.69. The van der Waals surface area contributed by atoms with E-state index in [1.54, 1.807) is 6.92 Å². The number of amides is 1. The minimum absolute atomic E-state index is 0.0989. The Bertz CT molecular complexity index is 477. The summed E-state index contributed by atoms with van der Waals surface area (Å²) in [6.45, 7) is 1.79. The molecule has 0 saturated heterocycles. The second kappa shape index (κ2) is 6.82. The Hall–Kier alpha value is -1.98. The molecule has 0 aliphatic rings. The van der Waals surface area contributed by atoms with Crippen molar-refractivity contribution < 1.29 is 23.5 Å². The van der Waals surface area contributed by atoms with E-state index in [-0.39, 0.29) is 12.0 Å². The molecule has 6 heteroatoms. The number of hydrogen-bond donors (Lipinski definition) is 2. The van der Waals surface area contributed by atoms with Crippen molar-refractivity contribution in [2.75, 3.05) is 0 Å². The number of aliphatic carboxylic acids is 1. The van der Waals surface area contributed by atoms with Crippen molar-refractivity contribution in [3.63, 3.8) is 0 Å². The van der Waals surface area contributed by atoms with E-state index in [1.807, 2.05) is 0 Å². The zero-order valence-electron chi connectivity index (χ0n) is 10.5. The Labute approximate surface area is 109 Å². The van der Waals surface area contributed by atoms with E-state index in [9.17, 15) is 18.4 Å². The van der Waals surface area contributed by atoms with Gasteiger partial charge < -0.3 is 10.4 Å². The van der Waals surface area contributed by atoms with Gasteiger partial charge >= 0.3 is 5.97 Å². The summed E-state index contributed by atoms with van der Waals surface area (Å²) in [5.74, 6) is -3.91. The number of rotatable bonds is 6. The molecule has 0 fully saturated rings. The first-order valence-corrected chi connectivity index (χ1v) is 5.90. The van der Waals surface area contributed by atoms with Crippen LogP contribution < -0.4 is 5.32 Å². The molecule has 0 saturated carbocycles. The molecule has 0 bridgehead atoms. The number of carbonyl (C=O) groups excluding carboxylic acids is 1. The van der Waals surface area contributed by atoms with Crippen molar-refractivity contribution in [3.8, 4) is 0 Å². The van der Waals surface area contributed by atoms with Gasteiger partial charge in [-0.2, -0.15) is 0 Å². The molecule has 0 aliphatic carbocycles. The van der Waals surface area contributed by atoms with Crippen molar-refractivity contribution in [1.82, 2.24) is 5.32 Å². The van der Waals surface area contributed by atoms with E-state index < -0.39 is 36.0 Å². The fourth-order valence-corrected chi connectivity index (χ4v) is 1.65. The zero-order chi connectivity index (χ0) is 14.4. The third kappa shape index (κ3) is 4.31. The second-order valence-corrected chi connectivity index (χ2v) is 4.14. The Morgan fingerprint density at radius 1 is 1.37 bits per heavy atom. The van der Waals surface area contributed by atoms with Crippen LogP contribution in [0, 0.1) is 11.6 Å². The van der Waals surface area contributed by atoms with Gasteiger partial charge in [0.2, 0.25) is 5.91 Å². The normalized spacial score (nSPS) is 11.9. The molecule has 1 rings (SSSR count). The molecular formula is C13H15F2NO3. The van der Waals surface area contributed by atoms with Crippen LogP contribution in [0.25, 0.3) is 0 Å². The number of carbonyl (C=O) groups is 2. The first-order valence-electron chi connectivity index (χ1n) is 5.90. The highest BCUT2D eigenvalue weighted by Gasteiger charge is 2.20. The van der Waals surface area contributed by atoms with Crippen molar-refractivity contribution in [2.45, 2.75) is 32.2 Å². The highest BCUT2D eigenvalue weighted by molar-refractivity contribution is 5.84. The lowest BCUT2D eigenvalue weighted by atomic mass is 10.1. The van der Waals surface area contributed by atoms with E-state index in [0.717, 1.165) is 6.07 Å². The van der Waals surface area contributed by atoms with E-state index in [4.69, 9.17) is 5.11 Å². The maximum Gasteiger partial charge on any atom is 0.326 e. The number of carboxylic acids is 1. The van der Waals surface area contributed by atoms with Crippen LogP contribution in [0.3, 0.4) is 0 Å². The fraction of sp³-hybridized carbons (Fsp3) is 0.385. The maximum atomic E-state index is 13.3. The van der Waals surface area contributed by atoms with E-state index in [2.05, 4.69) is 5.32 Å². The van der Waals surface area contributed by atoms with Crippen molar-refractivity contribution in [1.29, 1.82) is 0 Å². The first-order chi connectivity index (χ1) is 8.95. The van der Waals surface area contributed by atoms with Crippen LogP contribution in [0.5, 0.6) is 0 Å². The lowest BCUT2D eigenvalue weighted by Crippen LogP contribution is -2.41. The van der Waals surface area contributed by atoms with Crippen LogP contribution in [0.1, 0.15) is 25.3 Å². The smallest absolute Gasteiger partial charge is 0.326 e. The van der Waals surface area contributed by atoms with Gasteiger partial charge in [-0.1, -0.05) is 25.5 Å². The minimum atomic E-state index is -1.14. The zero-order valence-corrected chi connectivity index (χ0v) is 10.5. The van der Waals surface area contributed by atoms with Crippen LogP contribution >= 0.6 is 0 Å². The molecule has 0 aliphatic heterocycles. The van der Waals surface area contributed by atoms with Crippen molar-refractivity contribution in [3.05, 3.63) is 35.4 Å². The van der Waals surface area contributed by atoms with E-state index >= 15 is 0 Å². The van der Waals surface area contributed by atoms with Gasteiger partial charge in [0.1, 0.15) is 6.04 Å². The van der Waals surface area contributed by atoms with Gasteiger partial charge in [0.05, 0.1) is 6.42 Å². The minimum Gasteiger partial charge on any atom is -0.480 e. The van der Waals surface area contributed by atoms with Crippen LogP contribution in [0.15, 0.2) is 18.2 Å². The highest BCUT2D eigenvalue weighted by atomic mass is 19.2. The van der Waals surface area contributed by atoms with Gasteiger partial charge in [0.25, 0.3) is 0 Å². The van der Waals surface area contributed by atoms with E-state index in [1.165, 1.54) is 12.1 Å². The molecule has 104 valence electrons. The number of nitrogens with one attached hydrogen (secondary N) is 1. The standard InChI is InChI=1S/C13H15F2NO3/c1-2-4-10(13(18)19)16-11(17)7-8-5-3-6-9(14)12(8)15/h3,5-6,10H,2,4,7H2,1H3,(H,16,17)(H,18,19)/t10-/m0/s1. The molecule has 0 aromatic heterocycles. The van der Waals surface area contributed by atoms with Gasteiger partial charge in [-0.25, -0.2) is 13.6 Å². The number of carboxylic acid groups (broad SMARTS) is 1. The largest absolute Gasteiger partial charge is 0.480 e. The highest BCUT2D eigenvalue weighted by Crippen LogP contribution is 2.12. The summed E-state index contributed by atoms with van der Waals surface area (Å²) in [6, 6.07) is 2.53. The molecular weight excluding hydrogens is 256 g/mol. The van der Waals surface area contributed by atoms with Crippen LogP contribution in [0.2, 0.25) is 0 Å². The molecule has 0 heterocycles. The maximum absolute atomic E-state index is 13.3. The SMILES string of the molecule is CCC[C@H](NC(=O)Cc1cccc(F)c1F)C(=O)O. The van der Waals surface area contributed by atoms with Crippen LogP contribution in [0.4, 0.5) is 8.78 Å². The molecule has 4 nitrogen and oxygen atoms in total. The van der Waals surface area contributed by atoms with Crippen molar-refractivity contribution in [2.24, 2.45) is 0 Å². The summed E-state index contributed by atoms with van der Waals surface area (Å²) < 4.78 is 26.3. The van der Waals surface area contributed by atoms with Crippen LogP contribution in [-0.2, 0) is 16.0 Å². The summed E-state index contributed by atoms with van der Waals surface area (Å²) in [5.41, 5.74) is -0.0989. The Morgan fingerprint density at radius 3 is 2.63 bits per heavy atom. The second-order valence-electron chi connectivity index (χ2n) is 4.14. The topological polar surface area (TPSA) is 66.4 Å². The molecule has 0 radical (unpaired) electrons. The molecule has 1 atom stereocenters. The monoisotopic (exact) mass is 271 g/mol. The summed E-state index contributed by atoms with van der Waals surface area (Å²) in [5, 5.41) is 11.2. The third-order valence-corrected chi connectivity index (χ3v) is 2.59. The molecule has 19 heavy (non-hydrogen) atoms. The average molecular weight is 271 g/mol. The van der Waals surface area contributed by atoms with E-state index in [0.29, 0.717) is 6.42 Å². The molecule has 0 spiro atoms. The number of hydrogen-bond acceptors (Lipinski definition) is 2. The average Bonchev–Trinajstić information content (AvgIpc) is 2.34. The Morgan fingerprint density at radius 2 is 2.05 bits per heavy atom. The summed E-state index contributed by atoms with van der Waals surface area (Å²) >= 11 is 0. The van der Waals surface area contributed by atoms with Gasteiger partial charge in [0, 0.05) is 5.56 Å². The van der Waals surface area contributed by atoms with Gasteiger partial charge in [-0.05, 0) is 12.5 Å². The van der Waals surface area contributed by atoms with Crippen molar-refractivity contribution >= 4 is 11.9 Å². The van der Waals surface area contributed by atoms with Gasteiger partial charge in [0.15, 0.2) is 11.6 Å². The summed E-state index contributed by atoms with van der Waals surface area (Å²) in [4.78, 5) is 22.5. The third-order valence-electron chi connectivity index (χ3n) is 2.59. The number of benzene rings is 1. The predicted octanol–water partition coefficient (Wildman–Crippen LogP) is 1.88. The Kier molecular flexibility index (Phi) is 5.41.